The highest BCUT2D eigenvalue weighted by Crippen LogP contribution is 2.40. The number of halogens is 3. The van der Waals surface area contributed by atoms with Crippen LogP contribution in [0.5, 0.6) is 0 Å². The molecule has 1 atom stereocenters. The van der Waals surface area contributed by atoms with E-state index in [1.807, 2.05) is 18.2 Å². The number of ether oxygens (including phenoxy) is 1. The molecule has 0 radical (unpaired) electrons. The molecule has 3 aromatic rings. The number of benzene rings is 1. The topological polar surface area (TPSA) is 81.4 Å². The number of fused-ring (bicyclic) bond motifs is 5. The van der Waals surface area contributed by atoms with Crippen LogP contribution in [0.4, 0.5) is 13.2 Å². The van der Waals surface area contributed by atoms with Crippen molar-refractivity contribution in [2.45, 2.75) is 64.2 Å². The number of aromatic nitrogens is 2. The molecule has 0 amide bonds. The van der Waals surface area contributed by atoms with Gasteiger partial charge < -0.3 is 14.4 Å². The summed E-state index contributed by atoms with van der Waals surface area (Å²) in [6.07, 6.45) is -5.53. The number of aryl methyl sites for hydroxylation is 1. The number of carbonyl (C=O) groups is 1. The van der Waals surface area contributed by atoms with Crippen molar-refractivity contribution in [3.8, 4) is 11.4 Å². The molecule has 1 aromatic carbocycles. The largest absolute Gasteiger partial charge is 0.458 e. The lowest BCUT2D eigenvalue weighted by Gasteiger charge is -2.31. The lowest BCUT2D eigenvalue weighted by Crippen LogP contribution is -2.44. The minimum Gasteiger partial charge on any atom is -0.458 e. The van der Waals surface area contributed by atoms with Crippen molar-refractivity contribution in [1.82, 2.24) is 9.55 Å². The number of carbonyl (C=O) groups excluding carboxylic acids is 1. The standard InChI is InChI=1S/C25H25F3N2O4Si/c1-4-24(33)18-10-20-21-16(11-30(20)22(31)17(18)12-34-23(24)32)14(7-8-25(26,27)28)15-9-13(35(2)3)5-6-19(15)29-21/h5-6,9-10,33,35H,4,7-8,11-12H2,1-3H3/t24-/m0/s1. The summed E-state index contributed by atoms with van der Waals surface area (Å²) in [5.74, 6) is -0.821. The molecule has 184 valence electrons. The number of esters is 1. The van der Waals surface area contributed by atoms with E-state index in [1.165, 1.54) is 4.57 Å². The monoisotopic (exact) mass is 502 g/mol. The number of hydrogen-bond acceptors (Lipinski definition) is 5. The van der Waals surface area contributed by atoms with Crippen LogP contribution in [0.25, 0.3) is 22.3 Å². The maximum absolute atomic E-state index is 13.4. The van der Waals surface area contributed by atoms with Crippen LogP contribution in [0.15, 0.2) is 29.1 Å². The van der Waals surface area contributed by atoms with Crippen LogP contribution >= 0.6 is 0 Å². The summed E-state index contributed by atoms with van der Waals surface area (Å²) >= 11 is 0. The van der Waals surface area contributed by atoms with Gasteiger partial charge in [-0.25, -0.2) is 9.78 Å². The van der Waals surface area contributed by atoms with Crippen LogP contribution in [-0.4, -0.2) is 35.6 Å². The molecule has 5 rings (SSSR count). The van der Waals surface area contributed by atoms with E-state index < -0.39 is 38.5 Å². The highest BCUT2D eigenvalue weighted by atomic mass is 28.3. The number of rotatable bonds is 4. The molecule has 1 N–H and O–H groups in total. The highest BCUT2D eigenvalue weighted by molar-refractivity contribution is 6.70. The minimum atomic E-state index is -4.33. The molecule has 10 heteroatoms. The van der Waals surface area contributed by atoms with Gasteiger partial charge in [-0.05, 0) is 30.5 Å². The minimum absolute atomic E-state index is 0.0123. The first-order valence-electron chi connectivity index (χ1n) is 11.6. The molecular weight excluding hydrogens is 477 g/mol. The van der Waals surface area contributed by atoms with Gasteiger partial charge in [0.1, 0.15) is 6.61 Å². The van der Waals surface area contributed by atoms with Gasteiger partial charge in [0.05, 0.1) is 37.8 Å². The van der Waals surface area contributed by atoms with Gasteiger partial charge in [0.15, 0.2) is 5.60 Å². The maximum atomic E-state index is 13.4. The number of hydrogen-bond donors (Lipinski definition) is 1. The Morgan fingerprint density at radius 3 is 2.60 bits per heavy atom. The summed E-state index contributed by atoms with van der Waals surface area (Å²) in [5, 5.41) is 12.8. The molecule has 0 spiro atoms. The zero-order valence-corrected chi connectivity index (χ0v) is 20.8. The van der Waals surface area contributed by atoms with Crippen LogP contribution in [0.3, 0.4) is 0 Å². The van der Waals surface area contributed by atoms with Gasteiger partial charge in [0.25, 0.3) is 5.56 Å². The van der Waals surface area contributed by atoms with E-state index in [0.717, 1.165) is 5.19 Å². The van der Waals surface area contributed by atoms with Crippen molar-refractivity contribution in [2.24, 2.45) is 0 Å². The average molecular weight is 503 g/mol. The number of cyclic esters (lactones) is 1. The number of nitrogens with zero attached hydrogens (tertiary/aromatic N) is 2. The highest BCUT2D eigenvalue weighted by Gasteiger charge is 2.45. The fourth-order valence-electron chi connectivity index (χ4n) is 5.09. The van der Waals surface area contributed by atoms with Gasteiger partial charge >= 0.3 is 12.1 Å². The molecule has 0 fully saturated rings. The molecular formula is C25H25F3N2O4Si. The third kappa shape index (κ3) is 3.70. The second-order valence-corrected chi connectivity index (χ2v) is 12.5. The Balaban J connectivity index is 1.77. The quantitative estimate of drug-likeness (QED) is 0.342. The molecule has 4 heterocycles. The van der Waals surface area contributed by atoms with Crippen molar-refractivity contribution in [1.29, 1.82) is 0 Å². The number of alkyl halides is 3. The first-order chi connectivity index (χ1) is 16.4. The average Bonchev–Trinajstić information content (AvgIpc) is 3.17. The van der Waals surface area contributed by atoms with Crippen LogP contribution in [-0.2, 0) is 34.7 Å². The molecule has 0 unspecified atom stereocenters. The number of aliphatic hydroxyl groups is 1. The zero-order chi connectivity index (χ0) is 25.3. The van der Waals surface area contributed by atoms with E-state index >= 15 is 0 Å². The van der Waals surface area contributed by atoms with Crippen LogP contribution in [0.1, 0.15) is 42.0 Å². The second-order valence-electron chi connectivity index (χ2n) is 9.57. The molecule has 0 saturated heterocycles. The number of pyridine rings is 2. The summed E-state index contributed by atoms with van der Waals surface area (Å²) in [4.78, 5) is 30.5. The van der Waals surface area contributed by atoms with E-state index in [9.17, 15) is 27.9 Å². The molecule has 0 bridgehead atoms. The first-order valence-corrected chi connectivity index (χ1v) is 14.5. The summed E-state index contributed by atoms with van der Waals surface area (Å²) in [5.41, 5.74) is 0.454. The third-order valence-corrected chi connectivity index (χ3v) is 8.85. The van der Waals surface area contributed by atoms with Gasteiger partial charge in [-0.1, -0.05) is 37.3 Å². The zero-order valence-electron chi connectivity index (χ0n) is 19.6. The van der Waals surface area contributed by atoms with Crippen molar-refractivity contribution in [3.63, 3.8) is 0 Å². The Morgan fingerprint density at radius 1 is 1.20 bits per heavy atom. The predicted molar refractivity (Wildman–Crippen MR) is 127 cm³/mol. The van der Waals surface area contributed by atoms with E-state index in [1.54, 1.807) is 13.0 Å². The molecule has 2 aromatic heterocycles. The van der Waals surface area contributed by atoms with Gasteiger partial charge in [-0.2, -0.15) is 13.2 Å². The lowest BCUT2D eigenvalue weighted by atomic mass is 9.86. The summed E-state index contributed by atoms with van der Waals surface area (Å²) < 4.78 is 46.3. The molecule has 35 heavy (non-hydrogen) atoms. The summed E-state index contributed by atoms with van der Waals surface area (Å²) in [6.45, 7) is 5.73. The van der Waals surface area contributed by atoms with Crippen LogP contribution in [0.2, 0.25) is 13.1 Å². The van der Waals surface area contributed by atoms with Crippen molar-refractivity contribution >= 4 is 30.9 Å². The Morgan fingerprint density at radius 2 is 1.94 bits per heavy atom. The third-order valence-electron chi connectivity index (χ3n) is 7.15. The lowest BCUT2D eigenvalue weighted by molar-refractivity contribution is -0.172. The molecule has 2 aliphatic heterocycles. The Hall–Kier alpha value is -2.98. The summed E-state index contributed by atoms with van der Waals surface area (Å²) in [7, 11) is -1.22. The van der Waals surface area contributed by atoms with Gasteiger partial charge in [-0.15, -0.1) is 0 Å². The van der Waals surface area contributed by atoms with E-state index in [4.69, 9.17) is 9.72 Å². The van der Waals surface area contributed by atoms with Crippen molar-refractivity contribution in [2.75, 3.05) is 0 Å². The smallest absolute Gasteiger partial charge is 0.389 e. The molecule has 0 aliphatic carbocycles. The summed E-state index contributed by atoms with van der Waals surface area (Å²) in [6, 6.07) is 7.32. The molecule has 6 nitrogen and oxygen atoms in total. The van der Waals surface area contributed by atoms with E-state index in [0.29, 0.717) is 33.4 Å². The fourth-order valence-corrected chi connectivity index (χ4v) is 6.07. The Labute approximate surface area is 201 Å². The Kier molecular flexibility index (Phi) is 5.44. The second kappa shape index (κ2) is 8.02. The fraction of sp³-hybridized carbons (Fsp3) is 0.400. The first kappa shape index (κ1) is 23.7. The maximum Gasteiger partial charge on any atom is 0.389 e. The van der Waals surface area contributed by atoms with Gasteiger partial charge in [0, 0.05) is 22.9 Å². The van der Waals surface area contributed by atoms with E-state index in [2.05, 4.69) is 13.1 Å². The van der Waals surface area contributed by atoms with Crippen molar-refractivity contribution in [3.05, 3.63) is 56.9 Å². The SMILES string of the molecule is CC[C@@]1(O)C(=O)OCc2c1cc1n(c2=O)Cc2c-1nc1ccc([SiH](C)C)cc1c2CCC(F)(F)F. The Bertz CT molecular complexity index is 1450. The normalized spacial score (nSPS) is 19.0. The van der Waals surface area contributed by atoms with Crippen LogP contribution < -0.4 is 10.7 Å². The van der Waals surface area contributed by atoms with Crippen LogP contribution in [0, 0.1) is 0 Å². The molecule has 0 saturated carbocycles. The van der Waals surface area contributed by atoms with Gasteiger partial charge in [-0.3, -0.25) is 4.79 Å². The van der Waals surface area contributed by atoms with Crippen molar-refractivity contribution < 1.29 is 27.8 Å². The van der Waals surface area contributed by atoms with E-state index in [-0.39, 0.29) is 37.1 Å². The van der Waals surface area contributed by atoms with Gasteiger partial charge in [0.2, 0.25) is 0 Å². The predicted octanol–water partition coefficient (Wildman–Crippen LogP) is 3.27. The molecule has 2 aliphatic rings.